The fourth-order valence-corrected chi connectivity index (χ4v) is 9.83. The van der Waals surface area contributed by atoms with E-state index >= 15 is 0 Å². The Hall–Kier alpha value is 1.86. The summed E-state index contributed by atoms with van der Waals surface area (Å²) >= 11 is 19.9. The van der Waals surface area contributed by atoms with Crippen LogP contribution in [0.4, 0.5) is 0 Å². The standard InChI is InChI=1S/C33H30O8.8Al/c1-20(25-14-23-6-2-4-21-8-9-22-5-3-7-24(25)31(22)30(21)23)18-37-19-29-28(17-36)40-33(41-29)12-10-32(11-13-33)38-26(15-34)27(16-35)39-32;;;;;;;;/h2-9,14,20,26-29,34-36H,10-13,18H2,1H3;;;;;;;;/t20?,26-,27-,28-,29-;;;;;;;;/m0......../s1. The van der Waals surface area contributed by atoms with Crippen molar-refractivity contribution in [3.63, 3.8) is 0 Å². The van der Waals surface area contributed by atoms with E-state index in [4.69, 9.17) is 23.7 Å². The van der Waals surface area contributed by atoms with Gasteiger partial charge >= 0.3 is 0 Å². The Morgan fingerprint density at radius 3 is 1.59 bits per heavy atom. The molecule has 0 bridgehead atoms. The first-order chi connectivity index (χ1) is 22.7. The Balaban J connectivity index is 1.10. The highest BCUT2D eigenvalue weighted by molar-refractivity contribution is 6.42. The molecule has 8 nitrogen and oxygen atoms in total. The van der Waals surface area contributed by atoms with Gasteiger partial charge in [0, 0.05) is 31.6 Å². The van der Waals surface area contributed by atoms with E-state index in [9.17, 15) is 15.3 Å². The molecule has 1 saturated carbocycles. The minimum atomic E-state index is -1.42. The lowest BCUT2D eigenvalue weighted by Crippen LogP contribution is -2.59. The summed E-state index contributed by atoms with van der Waals surface area (Å²) in [6.07, 6.45) is -1.55. The van der Waals surface area contributed by atoms with Crippen LogP contribution < -0.4 is 0 Å². The van der Waals surface area contributed by atoms with Crippen LogP contribution in [0.5, 0.6) is 0 Å². The summed E-state index contributed by atoms with van der Waals surface area (Å²) in [5, 5.41) is 40.3. The molecule has 4 aromatic carbocycles. The van der Waals surface area contributed by atoms with E-state index in [2.05, 4.69) is 192 Å². The van der Waals surface area contributed by atoms with Crippen molar-refractivity contribution in [1.29, 1.82) is 0 Å². The SMILES string of the molecule is CC(CO[C]([Al])([Al])[C@@H]1OC2(CCC3(CC2)O[C@@H]([C](O)([Al])[Al])[C@H]([C](O)([Al])[Al])O3)O[C@H]1[C](O)([Al])[Al])c1cc2cccc3ccc4cccc1c4c32. The van der Waals surface area contributed by atoms with Gasteiger partial charge in [-0.25, -0.2) is 0 Å². The van der Waals surface area contributed by atoms with Gasteiger partial charge in [0.2, 0.25) is 0 Å². The molecule has 16 radical (unpaired) electrons. The van der Waals surface area contributed by atoms with Gasteiger partial charge in [0.25, 0.3) is 0 Å². The molecule has 2 saturated heterocycles. The molecule has 2 heterocycles. The summed E-state index contributed by atoms with van der Waals surface area (Å²) < 4.78 is 27.6. The highest BCUT2D eigenvalue weighted by atomic mass is 27.1. The molecule has 1 aliphatic carbocycles. The minimum absolute atomic E-state index is 0.0432. The van der Waals surface area contributed by atoms with E-state index in [-0.39, 0.29) is 5.92 Å². The monoisotopic (exact) mass is 770 g/mol. The zero-order valence-corrected chi connectivity index (χ0v) is 36.4. The van der Waals surface area contributed by atoms with Crippen LogP contribution in [-0.2, 0) is 23.7 Å². The van der Waals surface area contributed by atoms with Crippen molar-refractivity contribution in [2.45, 2.75) is 87.8 Å². The van der Waals surface area contributed by atoms with E-state index in [1.165, 1.54) is 37.9 Å². The maximum atomic E-state index is 11.3. The number of rotatable bonds is 8. The van der Waals surface area contributed by atoms with Gasteiger partial charge in [0.05, 0.1) is 31.0 Å². The molecule has 16 heteroatoms. The second-order valence-electron chi connectivity index (χ2n) is 14.2. The average Bonchev–Trinajstić information content (AvgIpc) is 3.61. The summed E-state index contributed by atoms with van der Waals surface area (Å²) in [5.41, 5.74) is 1.21. The molecule has 49 heavy (non-hydrogen) atoms. The molecular weight excluding hydrogens is 740 g/mol. The topological polar surface area (TPSA) is 107 Å². The van der Waals surface area contributed by atoms with Crippen molar-refractivity contribution in [2.75, 3.05) is 6.61 Å². The average molecular weight is 770 g/mol. The maximum absolute atomic E-state index is 11.3. The molecule has 0 amide bonds. The van der Waals surface area contributed by atoms with Crippen LogP contribution in [0.2, 0.25) is 0 Å². The van der Waals surface area contributed by atoms with Crippen LogP contribution in [0.3, 0.4) is 0 Å². The number of benzene rings is 4. The Kier molecular flexibility index (Phi) is 11.0. The van der Waals surface area contributed by atoms with E-state index < -0.39 is 49.3 Å². The molecule has 1 unspecified atom stereocenters. The van der Waals surface area contributed by atoms with Gasteiger partial charge < -0.3 is 39.0 Å². The van der Waals surface area contributed by atoms with Crippen molar-refractivity contribution in [3.8, 4) is 0 Å². The number of aliphatic hydroxyl groups is 3. The number of hydrogen-bond acceptors (Lipinski definition) is 8. The Morgan fingerprint density at radius 2 is 1.08 bits per heavy atom. The Labute approximate surface area is 352 Å². The molecule has 3 aliphatic rings. The molecule has 2 spiro atoms. The highest BCUT2D eigenvalue weighted by Gasteiger charge is 2.61. The van der Waals surface area contributed by atoms with Gasteiger partial charge in [0.15, 0.2) is 142 Å². The summed E-state index contributed by atoms with van der Waals surface area (Å²) in [6, 6.07) is 19.6. The van der Waals surface area contributed by atoms with Crippen molar-refractivity contribution in [3.05, 3.63) is 60.2 Å². The van der Waals surface area contributed by atoms with Crippen LogP contribution in [0.1, 0.15) is 44.1 Å². The van der Waals surface area contributed by atoms with Crippen LogP contribution in [0.15, 0.2) is 54.6 Å². The third-order valence-corrected chi connectivity index (χ3v) is 13.1. The van der Waals surface area contributed by atoms with Crippen molar-refractivity contribution in [2.24, 2.45) is 0 Å². The molecule has 4 aromatic rings. The van der Waals surface area contributed by atoms with Crippen molar-refractivity contribution >= 4 is 163 Å². The van der Waals surface area contributed by atoms with Gasteiger partial charge in [-0.1, -0.05) is 61.5 Å². The van der Waals surface area contributed by atoms with Crippen LogP contribution in [0.25, 0.3) is 32.3 Å². The maximum Gasteiger partial charge on any atom is 0.169 e. The van der Waals surface area contributed by atoms with E-state index in [0.717, 1.165) is 0 Å². The van der Waals surface area contributed by atoms with Gasteiger partial charge in [-0.15, -0.1) is 0 Å². The molecule has 0 aromatic heterocycles. The lowest BCUT2D eigenvalue weighted by Gasteiger charge is -2.42. The summed E-state index contributed by atoms with van der Waals surface area (Å²) in [4.78, 5) is 0. The molecule has 2 aliphatic heterocycles. The Bertz CT molecular complexity index is 1820. The predicted octanol–water partition coefficient (Wildman–Crippen LogP) is 0.179. The normalized spacial score (nSPS) is 26.8. The predicted molar refractivity (Wildman–Crippen MR) is 192 cm³/mol. The third-order valence-electron chi connectivity index (χ3n) is 10.2. The van der Waals surface area contributed by atoms with Crippen LogP contribution >= 0.6 is 0 Å². The molecule has 3 fully saturated rings. The van der Waals surface area contributed by atoms with Gasteiger partial charge in [0.1, 0.15) is 0 Å². The van der Waals surface area contributed by atoms with Crippen molar-refractivity contribution in [1.82, 2.24) is 0 Å². The second-order valence-corrected chi connectivity index (χ2v) is 24.2. The summed E-state index contributed by atoms with van der Waals surface area (Å²) in [6.45, 7) is 2.57. The first-order valence-corrected chi connectivity index (χ1v) is 20.8. The lowest BCUT2D eigenvalue weighted by molar-refractivity contribution is -0.271. The quantitative estimate of drug-likeness (QED) is 0.172. The summed E-state index contributed by atoms with van der Waals surface area (Å²) in [7, 11) is 0. The first kappa shape index (κ1) is 39.1. The van der Waals surface area contributed by atoms with E-state index in [0.29, 0.717) is 32.3 Å². The molecule has 7 rings (SSSR count). The van der Waals surface area contributed by atoms with Gasteiger partial charge in [-0.3, -0.25) is 0 Å². The number of ether oxygens (including phenoxy) is 5. The molecule has 234 valence electrons. The number of hydrogen-bond donors (Lipinski definition) is 3. The zero-order valence-electron chi connectivity index (χ0n) is 27.1. The third kappa shape index (κ3) is 7.57. The van der Waals surface area contributed by atoms with Crippen LogP contribution in [-0.4, -0.2) is 202 Å². The highest BCUT2D eigenvalue weighted by Crippen LogP contribution is 2.52. The molecular formula is C33H30Al8O8. The van der Waals surface area contributed by atoms with E-state index in [1.54, 1.807) is 0 Å². The first-order valence-electron chi connectivity index (χ1n) is 16.2. The second kappa shape index (κ2) is 13.8. The van der Waals surface area contributed by atoms with Crippen molar-refractivity contribution < 1.29 is 39.0 Å². The van der Waals surface area contributed by atoms with Gasteiger partial charge in [-0.05, 0) is 51.2 Å². The van der Waals surface area contributed by atoms with Gasteiger partial charge in [-0.2, -0.15) is 0 Å². The largest absolute Gasteiger partial charge is 0.421 e. The minimum Gasteiger partial charge on any atom is -0.421 e. The fourth-order valence-electron chi connectivity index (χ4n) is 7.69. The summed E-state index contributed by atoms with van der Waals surface area (Å²) in [5.74, 6) is -2.04. The lowest BCUT2D eigenvalue weighted by atomic mass is 9.87. The molecule has 5 atom stereocenters. The Morgan fingerprint density at radius 1 is 0.653 bits per heavy atom. The van der Waals surface area contributed by atoms with Crippen LogP contribution in [0, 0.1) is 0 Å². The van der Waals surface area contributed by atoms with E-state index in [1.807, 2.05) is 0 Å². The molecule has 3 N–H and O–H groups in total. The smallest absolute Gasteiger partial charge is 0.169 e. The fraction of sp³-hybridized carbons (Fsp3) is 0.515. The zero-order chi connectivity index (χ0) is 35.4.